The number of hydrogen-bond acceptors (Lipinski definition) is 12. The van der Waals surface area contributed by atoms with E-state index in [0.29, 0.717) is 30.1 Å². The van der Waals surface area contributed by atoms with Crippen LogP contribution in [0, 0.1) is 33.1 Å². The van der Waals surface area contributed by atoms with Gasteiger partial charge in [-0.3, -0.25) is 24.0 Å². The predicted molar refractivity (Wildman–Crippen MR) is 279 cm³/mol. The molecule has 1 unspecified atom stereocenters. The topological polar surface area (TPSA) is 205 Å². The summed E-state index contributed by atoms with van der Waals surface area (Å²) in [6, 6.07) is 19.7. The normalized spacial score (nSPS) is 16.5. The molecule has 72 heavy (non-hydrogen) atoms. The number of nitrogens with zero attached hydrogens (tertiary/aromatic N) is 3. The number of pyridine rings is 1. The highest BCUT2D eigenvalue weighted by Crippen LogP contribution is 2.35. The number of aromatic nitrogens is 2. The van der Waals surface area contributed by atoms with E-state index in [4.69, 9.17) is 14.2 Å². The molecule has 16 nitrogen and oxygen atoms in total. The van der Waals surface area contributed by atoms with Crippen LogP contribution in [0.5, 0.6) is 5.75 Å². The minimum atomic E-state index is -0.998. The number of hydrogen-bond donors (Lipinski definition) is 5. The van der Waals surface area contributed by atoms with E-state index in [1.165, 1.54) is 4.90 Å². The molecule has 3 atom stereocenters. The molecule has 0 aliphatic carbocycles. The van der Waals surface area contributed by atoms with Crippen LogP contribution in [0.25, 0.3) is 21.6 Å². The SMILES string of the molecule is CCN(c1cc(-c2ccc(OCCOCC(=O)NC(C(=O)N3C[C@H](O)C[C@H]3C(=O)NCc3ccc(-c4scnc4C)cc3)C(C)(C)C)cc2)cc(C(=O)NCc2c(C)cc(C)[nH]c2=O)c1C)C1CCOCC1. The molecule has 0 spiro atoms. The maximum absolute atomic E-state index is 14.1. The van der Waals surface area contributed by atoms with Crippen LogP contribution in [0.15, 0.2) is 77.0 Å². The third-order valence-corrected chi connectivity index (χ3v) is 14.4. The average molecular weight is 1000 g/mol. The van der Waals surface area contributed by atoms with Crippen molar-refractivity contribution >= 4 is 40.7 Å². The van der Waals surface area contributed by atoms with E-state index in [1.54, 1.807) is 11.3 Å². The number of aliphatic hydroxyl groups excluding tert-OH is 1. The van der Waals surface area contributed by atoms with Crippen molar-refractivity contribution in [2.75, 3.05) is 51.0 Å². The van der Waals surface area contributed by atoms with Gasteiger partial charge in [-0.1, -0.05) is 57.2 Å². The Labute approximate surface area is 425 Å². The third-order valence-electron chi connectivity index (χ3n) is 13.5. The molecule has 7 rings (SSSR count). The number of amides is 4. The van der Waals surface area contributed by atoms with Gasteiger partial charge in [0.05, 0.1) is 28.8 Å². The molecule has 4 amide bonds. The molecular formula is C55H69N7O9S. The fraction of sp³-hybridized carbons (Fsp3) is 0.455. The van der Waals surface area contributed by atoms with Crippen LogP contribution in [-0.2, 0) is 36.9 Å². The summed E-state index contributed by atoms with van der Waals surface area (Å²) in [5, 5.41) is 19.4. The van der Waals surface area contributed by atoms with E-state index in [1.807, 2.05) is 115 Å². The zero-order valence-corrected chi connectivity index (χ0v) is 43.5. The van der Waals surface area contributed by atoms with Gasteiger partial charge in [-0.05, 0) is 117 Å². The van der Waals surface area contributed by atoms with E-state index in [0.717, 1.165) is 74.7 Å². The first-order valence-electron chi connectivity index (χ1n) is 24.7. The Bertz CT molecular complexity index is 2760. The monoisotopic (exact) mass is 1000 g/mol. The Morgan fingerprint density at radius 1 is 0.931 bits per heavy atom. The van der Waals surface area contributed by atoms with Gasteiger partial charge in [0.15, 0.2) is 0 Å². The second-order valence-corrected chi connectivity index (χ2v) is 20.6. The van der Waals surface area contributed by atoms with Gasteiger partial charge in [-0.15, -0.1) is 11.3 Å². The van der Waals surface area contributed by atoms with Gasteiger partial charge < -0.3 is 50.1 Å². The molecule has 0 saturated carbocycles. The van der Waals surface area contributed by atoms with Gasteiger partial charge in [0.2, 0.25) is 17.7 Å². The quantitative estimate of drug-likeness (QED) is 0.0562. The average Bonchev–Trinajstić information content (AvgIpc) is 3.97. The van der Waals surface area contributed by atoms with E-state index in [9.17, 15) is 29.1 Å². The van der Waals surface area contributed by atoms with Crippen LogP contribution in [-0.4, -0.2) is 114 Å². The number of rotatable bonds is 19. The first kappa shape index (κ1) is 53.4. The number of carbonyl (C=O) groups is 4. The molecule has 5 N–H and O–H groups in total. The number of thiazole rings is 1. The lowest BCUT2D eigenvalue weighted by molar-refractivity contribution is -0.144. The lowest BCUT2D eigenvalue weighted by Crippen LogP contribution is -2.58. The number of H-pyrrole nitrogens is 1. The summed E-state index contributed by atoms with van der Waals surface area (Å²) in [6.07, 6.45) is 0.952. The summed E-state index contributed by atoms with van der Waals surface area (Å²) in [4.78, 5) is 79.6. The molecule has 2 aliphatic rings. The summed E-state index contributed by atoms with van der Waals surface area (Å²) >= 11 is 1.57. The highest BCUT2D eigenvalue weighted by molar-refractivity contribution is 7.13. The first-order valence-corrected chi connectivity index (χ1v) is 25.6. The summed E-state index contributed by atoms with van der Waals surface area (Å²) in [5.41, 5.74) is 9.90. The largest absolute Gasteiger partial charge is 0.491 e. The number of aryl methyl sites for hydroxylation is 3. The predicted octanol–water partition coefficient (Wildman–Crippen LogP) is 6.54. The summed E-state index contributed by atoms with van der Waals surface area (Å²) in [5.74, 6) is -1.04. The Balaban J connectivity index is 0.932. The summed E-state index contributed by atoms with van der Waals surface area (Å²) in [6.45, 7) is 17.5. The number of aromatic amines is 1. The van der Waals surface area contributed by atoms with Crippen molar-refractivity contribution in [1.29, 1.82) is 0 Å². The van der Waals surface area contributed by atoms with E-state index >= 15 is 0 Å². The van der Waals surface area contributed by atoms with Crippen molar-refractivity contribution in [3.05, 3.63) is 122 Å². The Morgan fingerprint density at radius 3 is 2.29 bits per heavy atom. The van der Waals surface area contributed by atoms with E-state index < -0.39 is 35.4 Å². The first-order chi connectivity index (χ1) is 34.4. The van der Waals surface area contributed by atoms with Crippen LogP contribution in [0.3, 0.4) is 0 Å². The van der Waals surface area contributed by atoms with Crippen molar-refractivity contribution in [1.82, 2.24) is 30.8 Å². The molecule has 2 fully saturated rings. The Morgan fingerprint density at radius 2 is 1.64 bits per heavy atom. The van der Waals surface area contributed by atoms with Gasteiger partial charge >= 0.3 is 0 Å². The van der Waals surface area contributed by atoms with Gasteiger partial charge in [0.25, 0.3) is 11.5 Å². The van der Waals surface area contributed by atoms with Crippen LogP contribution in [0.1, 0.15) is 91.0 Å². The molecule has 2 aromatic heterocycles. The zero-order valence-electron chi connectivity index (χ0n) is 42.7. The van der Waals surface area contributed by atoms with Crippen molar-refractivity contribution < 1.29 is 38.5 Å². The van der Waals surface area contributed by atoms with Crippen molar-refractivity contribution in [3.8, 4) is 27.3 Å². The lowest BCUT2D eigenvalue weighted by atomic mass is 9.85. The standard InChI is InChI=1S/C55H69N7O9S/c1-9-61(41-18-20-69-21-19-41)46-26-40(25-44(35(46)4)51(65)57-29-45-33(2)24-34(3)59-52(45)66)38-14-16-43(17-15-38)71-23-22-70-31-48(64)60-50(55(6,7)8)54(68)62-30-42(63)27-47(62)53(67)56-28-37-10-12-39(13-11-37)49-36(5)58-32-72-49/h10-17,24-26,32,41-42,47,50,63H,9,18-23,27-31H2,1-8H3,(H,56,67)(H,57,65)(H,59,66)(H,60,64)/t42-,47+,50?/m1/s1. The molecule has 2 saturated heterocycles. The number of anilines is 1. The maximum atomic E-state index is 14.1. The molecule has 0 radical (unpaired) electrons. The van der Waals surface area contributed by atoms with Crippen LogP contribution < -0.4 is 31.1 Å². The molecule has 4 heterocycles. The molecule has 384 valence electrons. The second kappa shape index (κ2) is 23.9. The van der Waals surface area contributed by atoms with Crippen LogP contribution in [0.2, 0.25) is 0 Å². The third kappa shape index (κ3) is 13.2. The van der Waals surface area contributed by atoms with Crippen LogP contribution in [0.4, 0.5) is 5.69 Å². The summed E-state index contributed by atoms with van der Waals surface area (Å²) in [7, 11) is 0. The molecule has 0 bridgehead atoms. The number of nitrogens with one attached hydrogen (secondary N) is 4. The van der Waals surface area contributed by atoms with Crippen molar-refractivity contribution in [3.63, 3.8) is 0 Å². The van der Waals surface area contributed by atoms with Crippen molar-refractivity contribution in [2.45, 2.75) is 112 Å². The number of β-amino-alcohol motifs (C(OH)–C–C–N with tert-alkyl or cyclic N) is 1. The molecule has 17 heteroatoms. The highest BCUT2D eigenvalue weighted by atomic mass is 32.1. The minimum Gasteiger partial charge on any atom is -0.491 e. The maximum Gasteiger partial charge on any atom is 0.253 e. The zero-order chi connectivity index (χ0) is 51.7. The number of carbonyl (C=O) groups excluding carboxylic acids is 4. The molecular weight excluding hydrogens is 935 g/mol. The number of aliphatic hydroxyl groups is 1. The molecule has 5 aromatic rings. The number of benzene rings is 3. The highest BCUT2D eigenvalue weighted by Gasteiger charge is 2.44. The van der Waals surface area contributed by atoms with Gasteiger partial charge in [-0.25, -0.2) is 4.98 Å². The Kier molecular flexibility index (Phi) is 17.7. The van der Waals surface area contributed by atoms with Gasteiger partial charge in [0.1, 0.15) is 31.0 Å². The second-order valence-electron chi connectivity index (χ2n) is 19.8. The number of ether oxygens (including phenoxy) is 3. The van der Waals surface area contributed by atoms with Gasteiger partial charge in [0, 0.05) is 74.4 Å². The molecule has 3 aromatic carbocycles. The molecule has 2 aliphatic heterocycles. The van der Waals surface area contributed by atoms with Crippen LogP contribution >= 0.6 is 11.3 Å². The smallest absolute Gasteiger partial charge is 0.253 e. The van der Waals surface area contributed by atoms with E-state index in [2.05, 4.69) is 43.8 Å². The Hall–Kier alpha value is -6.40. The van der Waals surface area contributed by atoms with E-state index in [-0.39, 0.29) is 69.3 Å². The fourth-order valence-corrected chi connectivity index (χ4v) is 10.3. The summed E-state index contributed by atoms with van der Waals surface area (Å²) < 4.78 is 17.3. The van der Waals surface area contributed by atoms with Gasteiger partial charge in [-0.2, -0.15) is 0 Å². The lowest BCUT2D eigenvalue weighted by Gasteiger charge is -2.37. The fourth-order valence-electron chi connectivity index (χ4n) is 9.50. The van der Waals surface area contributed by atoms with Crippen molar-refractivity contribution in [2.24, 2.45) is 5.41 Å². The number of likely N-dealkylation sites (tertiary alicyclic amines) is 1. The minimum absolute atomic E-state index is 0.0334.